The summed E-state index contributed by atoms with van der Waals surface area (Å²) >= 11 is 0. The topological polar surface area (TPSA) is 44.3 Å². The van der Waals surface area contributed by atoms with Gasteiger partial charge in [-0.15, -0.1) is 0 Å². The molecular formula is C17H22NO3+. The molecule has 2 aromatic rings. The van der Waals surface area contributed by atoms with Gasteiger partial charge in [0, 0.05) is 5.56 Å². The largest absolute Gasteiger partial charge is 0.496 e. The molecule has 0 fully saturated rings. The van der Waals surface area contributed by atoms with E-state index in [1.165, 1.54) is 5.56 Å². The second-order valence-corrected chi connectivity index (χ2v) is 4.66. The number of nitrogens with two attached hydrogens (primary N) is 1. The van der Waals surface area contributed by atoms with Gasteiger partial charge in [-0.05, 0) is 24.3 Å². The van der Waals surface area contributed by atoms with Crippen molar-refractivity contribution in [2.45, 2.75) is 13.1 Å². The number of rotatable bonds is 7. The summed E-state index contributed by atoms with van der Waals surface area (Å²) in [5, 5.41) is 2.22. The second-order valence-electron chi connectivity index (χ2n) is 4.66. The smallest absolute Gasteiger partial charge is 0.169 e. The zero-order chi connectivity index (χ0) is 15.1. The molecule has 0 saturated carbocycles. The van der Waals surface area contributed by atoms with Gasteiger partial charge in [0.05, 0.1) is 26.9 Å². The Morgan fingerprint density at radius 1 is 0.714 bits per heavy atom. The Bertz CT molecular complexity index is 584. The standard InChI is InChI=1S/C17H21NO3/c1-19-15-9-5-4-7-13(15)11-18-12-14-8-6-10-16(20-2)17(14)21-3/h4-10,18H,11-12H2,1-3H3/p+1. The first-order valence-corrected chi connectivity index (χ1v) is 6.93. The molecule has 0 radical (unpaired) electrons. The molecule has 2 N–H and O–H groups in total. The van der Waals surface area contributed by atoms with Crippen LogP contribution in [0.1, 0.15) is 11.1 Å². The van der Waals surface area contributed by atoms with Crippen LogP contribution in [0.4, 0.5) is 0 Å². The van der Waals surface area contributed by atoms with Gasteiger partial charge in [-0.3, -0.25) is 0 Å². The maximum Gasteiger partial charge on any atom is 0.169 e. The van der Waals surface area contributed by atoms with Crippen LogP contribution in [0.3, 0.4) is 0 Å². The highest BCUT2D eigenvalue weighted by Crippen LogP contribution is 2.29. The van der Waals surface area contributed by atoms with E-state index in [9.17, 15) is 0 Å². The quantitative estimate of drug-likeness (QED) is 0.847. The monoisotopic (exact) mass is 288 g/mol. The summed E-state index contributed by atoms with van der Waals surface area (Å²) < 4.78 is 16.1. The minimum atomic E-state index is 0.765. The first kappa shape index (κ1) is 15.2. The average molecular weight is 288 g/mol. The Labute approximate surface area is 125 Å². The zero-order valence-corrected chi connectivity index (χ0v) is 12.8. The Balaban J connectivity index is 2.04. The van der Waals surface area contributed by atoms with E-state index >= 15 is 0 Å². The van der Waals surface area contributed by atoms with Crippen LogP contribution >= 0.6 is 0 Å². The predicted molar refractivity (Wildman–Crippen MR) is 81.9 cm³/mol. The number of quaternary nitrogens is 1. The Kier molecular flexibility index (Phi) is 5.46. The number of ether oxygens (including phenoxy) is 3. The summed E-state index contributed by atoms with van der Waals surface area (Å²) in [7, 11) is 5.02. The molecule has 0 aliphatic heterocycles. The van der Waals surface area contributed by atoms with Gasteiger partial charge >= 0.3 is 0 Å². The fourth-order valence-electron chi connectivity index (χ4n) is 2.37. The molecule has 0 saturated heterocycles. The molecule has 0 aliphatic rings. The van der Waals surface area contributed by atoms with Gasteiger partial charge < -0.3 is 19.5 Å². The minimum Gasteiger partial charge on any atom is -0.496 e. The van der Waals surface area contributed by atoms with Gasteiger partial charge in [-0.25, -0.2) is 0 Å². The summed E-state index contributed by atoms with van der Waals surface area (Å²) in [6.45, 7) is 1.67. The molecule has 0 aromatic heterocycles. The highest BCUT2D eigenvalue weighted by molar-refractivity contribution is 5.46. The molecule has 0 bridgehead atoms. The fraction of sp³-hybridized carbons (Fsp3) is 0.294. The minimum absolute atomic E-state index is 0.765. The average Bonchev–Trinajstić information content (AvgIpc) is 2.54. The number of para-hydroxylation sites is 2. The van der Waals surface area contributed by atoms with Gasteiger partial charge in [0.1, 0.15) is 18.8 Å². The Hall–Kier alpha value is -2.20. The molecule has 21 heavy (non-hydrogen) atoms. The van der Waals surface area contributed by atoms with Crippen LogP contribution in [-0.2, 0) is 13.1 Å². The zero-order valence-electron chi connectivity index (χ0n) is 12.8. The van der Waals surface area contributed by atoms with Crippen LogP contribution in [0.25, 0.3) is 0 Å². The number of hydrogen-bond donors (Lipinski definition) is 1. The lowest BCUT2D eigenvalue weighted by Crippen LogP contribution is -2.80. The van der Waals surface area contributed by atoms with E-state index < -0.39 is 0 Å². The summed E-state index contributed by atoms with van der Waals surface area (Å²) in [6, 6.07) is 14.0. The van der Waals surface area contributed by atoms with Gasteiger partial charge in [0.15, 0.2) is 11.5 Å². The van der Waals surface area contributed by atoms with Crippen molar-refractivity contribution in [1.29, 1.82) is 0 Å². The molecular weight excluding hydrogens is 266 g/mol. The summed E-state index contributed by atoms with van der Waals surface area (Å²) in [6.07, 6.45) is 0. The Morgan fingerprint density at radius 3 is 2.05 bits per heavy atom. The van der Waals surface area contributed by atoms with Crippen LogP contribution in [0.5, 0.6) is 17.2 Å². The third-order valence-electron chi connectivity index (χ3n) is 3.41. The highest BCUT2D eigenvalue weighted by atomic mass is 16.5. The molecule has 2 rings (SSSR count). The SMILES string of the molecule is COc1ccccc1C[NH2+]Cc1cccc(OC)c1OC. The first-order valence-electron chi connectivity index (χ1n) is 6.93. The number of hydrogen-bond acceptors (Lipinski definition) is 3. The molecule has 0 atom stereocenters. The molecule has 0 spiro atoms. The van der Waals surface area contributed by atoms with Crippen molar-refractivity contribution in [3.63, 3.8) is 0 Å². The summed E-state index contributed by atoms with van der Waals surface area (Å²) in [4.78, 5) is 0. The van der Waals surface area contributed by atoms with E-state index in [0.29, 0.717) is 0 Å². The number of methoxy groups -OCH3 is 3. The normalized spacial score (nSPS) is 10.2. The molecule has 4 heteroatoms. The van der Waals surface area contributed by atoms with E-state index in [2.05, 4.69) is 17.4 Å². The van der Waals surface area contributed by atoms with Crippen molar-refractivity contribution < 1.29 is 19.5 Å². The Morgan fingerprint density at radius 2 is 1.33 bits per heavy atom. The third kappa shape index (κ3) is 3.67. The maximum atomic E-state index is 5.45. The molecule has 112 valence electrons. The van der Waals surface area contributed by atoms with Crippen molar-refractivity contribution >= 4 is 0 Å². The number of benzene rings is 2. The van der Waals surface area contributed by atoms with E-state index in [-0.39, 0.29) is 0 Å². The van der Waals surface area contributed by atoms with E-state index in [1.54, 1.807) is 21.3 Å². The van der Waals surface area contributed by atoms with Gasteiger partial charge in [-0.1, -0.05) is 18.2 Å². The van der Waals surface area contributed by atoms with Crippen LogP contribution in [-0.4, -0.2) is 21.3 Å². The molecule has 2 aromatic carbocycles. The van der Waals surface area contributed by atoms with Crippen molar-refractivity contribution in [2.75, 3.05) is 21.3 Å². The van der Waals surface area contributed by atoms with Crippen LogP contribution in [0.15, 0.2) is 42.5 Å². The van der Waals surface area contributed by atoms with Crippen molar-refractivity contribution in [2.24, 2.45) is 0 Å². The molecule has 4 nitrogen and oxygen atoms in total. The molecule has 0 unspecified atom stereocenters. The third-order valence-corrected chi connectivity index (χ3v) is 3.41. The van der Waals surface area contributed by atoms with Crippen molar-refractivity contribution in [3.05, 3.63) is 53.6 Å². The second kappa shape index (κ2) is 7.55. The van der Waals surface area contributed by atoms with E-state index in [0.717, 1.165) is 35.9 Å². The highest BCUT2D eigenvalue weighted by Gasteiger charge is 2.11. The van der Waals surface area contributed by atoms with Crippen LogP contribution in [0, 0.1) is 0 Å². The summed E-state index contributed by atoms with van der Waals surface area (Å²) in [5.41, 5.74) is 2.30. The lowest BCUT2D eigenvalue weighted by molar-refractivity contribution is -0.686. The lowest BCUT2D eigenvalue weighted by Gasteiger charge is -2.12. The van der Waals surface area contributed by atoms with Gasteiger partial charge in [-0.2, -0.15) is 0 Å². The van der Waals surface area contributed by atoms with Crippen molar-refractivity contribution in [3.8, 4) is 17.2 Å². The van der Waals surface area contributed by atoms with E-state index in [1.807, 2.05) is 30.3 Å². The molecule has 0 amide bonds. The fourth-order valence-corrected chi connectivity index (χ4v) is 2.37. The molecule has 0 heterocycles. The first-order chi connectivity index (χ1) is 10.3. The van der Waals surface area contributed by atoms with Gasteiger partial charge in [0.2, 0.25) is 0 Å². The van der Waals surface area contributed by atoms with E-state index in [4.69, 9.17) is 14.2 Å². The van der Waals surface area contributed by atoms with Crippen LogP contribution < -0.4 is 19.5 Å². The predicted octanol–water partition coefficient (Wildman–Crippen LogP) is 1.98. The lowest BCUT2D eigenvalue weighted by atomic mass is 10.1. The summed E-state index contributed by atoms with van der Waals surface area (Å²) in [5.74, 6) is 2.49. The maximum absolute atomic E-state index is 5.45. The van der Waals surface area contributed by atoms with Crippen LogP contribution in [0.2, 0.25) is 0 Å². The molecule has 0 aliphatic carbocycles. The van der Waals surface area contributed by atoms with Gasteiger partial charge in [0.25, 0.3) is 0 Å². The van der Waals surface area contributed by atoms with Crippen molar-refractivity contribution in [1.82, 2.24) is 0 Å².